The molecule has 0 aliphatic carbocycles. The van der Waals surface area contributed by atoms with E-state index in [0.29, 0.717) is 0 Å². The number of aliphatic imine (C=N–C) groups is 1. The monoisotopic (exact) mass is 131 g/mol. The van der Waals surface area contributed by atoms with Gasteiger partial charge in [-0.3, -0.25) is 0 Å². The van der Waals surface area contributed by atoms with E-state index < -0.39 is 6.10 Å². The van der Waals surface area contributed by atoms with Crippen LogP contribution in [0.1, 0.15) is 6.92 Å². The van der Waals surface area contributed by atoms with E-state index in [-0.39, 0.29) is 12.5 Å². The zero-order valence-corrected chi connectivity index (χ0v) is 5.78. The molecule has 0 heterocycles. The van der Waals surface area contributed by atoms with E-state index in [2.05, 4.69) is 4.99 Å². The van der Waals surface area contributed by atoms with Crippen LogP contribution >= 0.6 is 0 Å². The van der Waals surface area contributed by atoms with E-state index in [1.807, 2.05) is 0 Å². The van der Waals surface area contributed by atoms with Crippen LogP contribution in [0.3, 0.4) is 0 Å². The van der Waals surface area contributed by atoms with Crippen LogP contribution in [0.15, 0.2) is 4.99 Å². The third-order valence-electron chi connectivity index (χ3n) is 1.17. The highest BCUT2D eigenvalue weighted by molar-refractivity contribution is 5.61. The molecular formula is C6H13NO2. The molecule has 0 radical (unpaired) electrons. The lowest BCUT2D eigenvalue weighted by atomic mass is 10.1. The summed E-state index contributed by atoms with van der Waals surface area (Å²) in [7, 11) is 1.62. The smallest absolute Gasteiger partial charge is 0.0611 e. The summed E-state index contributed by atoms with van der Waals surface area (Å²) in [5, 5.41) is 17.5. The largest absolute Gasteiger partial charge is 0.396 e. The molecule has 3 nitrogen and oxygen atoms in total. The summed E-state index contributed by atoms with van der Waals surface area (Å²) in [4.78, 5) is 3.68. The van der Waals surface area contributed by atoms with Crippen molar-refractivity contribution in [3.8, 4) is 0 Å². The Morgan fingerprint density at radius 3 is 2.33 bits per heavy atom. The fourth-order valence-corrected chi connectivity index (χ4v) is 0.516. The maximum Gasteiger partial charge on any atom is 0.0611 e. The molecule has 2 N–H and O–H groups in total. The molecule has 54 valence electrons. The van der Waals surface area contributed by atoms with E-state index in [9.17, 15) is 0 Å². The summed E-state index contributed by atoms with van der Waals surface area (Å²) in [6.45, 7) is 1.58. The maximum atomic E-state index is 8.89. The van der Waals surface area contributed by atoms with E-state index in [4.69, 9.17) is 10.2 Å². The van der Waals surface area contributed by atoms with Gasteiger partial charge in [0.15, 0.2) is 0 Å². The van der Waals surface area contributed by atoms with Gasteiger partial charge in [-0.2, -0.15) is 0 Å². The van der Waals surface area contributed by atoms with Crippen molar-refractivity contribution >= 4 is 6.21 Å². The van der Waals surface area contributed by atoms with Crippen molar-refractivity contribution in [1.29, 1.82) is 0 Å². The van der Waals surface area contributed by atoms with Crippen molar-refractivity contribution < 1.29 is 10.2 Å². The minimum Gasteiger partial charge on any atom is -0.396 e. The van der Waals surface area contributed by atoms with Crippen LogP contribution in [0.2, 0.25) is 0 Å². The van der Waals surface area contributed by atoms with Crippen LogP contribution in [0.4, 0.5) is 0 Å². The number of aliphatic hydroxyl groups is 2. The van der Waals surface area contributed by atoms with Crippen molar-refractivity contribution in [2.45, 2.75) is 13.0 Å². The minimum atomic E-state index is -0.515. The van der Waals surface area contributed by atoms with Crippen molar-refractivity contribution in [1.82, 2.24) is 0 Å². The molecule has 0 aromatic rings. The van der Waals surface area contributed by atoms with E-state index in [0.717, 1.165) is 0 Å². The number of nitrogens with zero attached hydrogens (tertiary/aromatic N) is 1. The summed E-state index contributed by atoms with van der Waals surface area (Å²) in [6.07, 6.45) is 1.03. The Kier molecular flexibility index (Phi) is 4.26. The summed E-state index contributed by atoms with van der Waals surface area (Å²) in [5.41, 5.74) is 0. The highest BCUT2D eigenvalue weighted by Gasteiger charge is 2.09. The average Bonchev–Trinajstić information content (AvgIpc) is 1.82. The molecule has 0 bridgehead atoms. The molecule has 0 aromatic heterocycles. The number of hydrogen-bond acceptors (Lipinski definition) is 3. The molecule has 0 aromatic carbocycles. The van der Waals surface area contributed by atoms with Gasteiger partial charge < -0.3 is 15.2 Å². The molecule has 3 heteroatoms. The van der Waals surface area contributed by atoms with Gasteiger partial charge >= 0.3 is 0 Å². The fourth-order valence-electron chi connectivity index (χ4n) is 0.516. The zero-order valence-electron chi connectivity index (χ0n) is 5.78. The SMILES string of the molecule is CN=CC(CO)[C@@H](C)O. The standard InChI is InChI=1S/C6H13NO2/c1-5(9)6(4-8)3-7-2/h3,5-6,8-9H,4H2,1-2H3/t5-,6?/m1/s1. The van der Waals surface area contributed by atoms with Crippen LogP contribution in [-0.4, -0.2) is 36.2 Å². The van der Waals surface area contributed by atoms with Crippen LogP contribution < -0.4 is 0 Å². The van der Waals surface area contributed by atoms with Gasteiger partial charge in [-0.25, -0.2) is 0 Å². The Labute approximate surface area is 55.0 Å². The summed E-state index contributed by atoms with van der Waals surface area (Å²) in [5.74, 6) is -0.213. The van der Waals surface area contributed by atoms with Crippen molar-refractivity contribution in [2.24, 2.45) is 10.9 Å². The lowest BCUT2D eigenvalue weighted by Crippen LogP contribution is -2.21. The van der Waals surface area contributed by atoms with E-state index >= 15 is 0 Å². The van der Waals surface area contributed by atoms with Gasteiger partial charge in [0, 0.05) is 19.2 Å². The lowest BCUT2D eigenvalue weighted by molar-refractivity contribution is 0.118. The number of hydrogen-bond donors (Lipinski definition) is 2. The Hall–Kier alpha value is -0.410. The van der Waals surface area contributed by atoms with E-state index in [1.54, 1.807) is 20.2 Å². The van der Waals surface area contributed by atoms with Crippen molar-refractivity contribution in [3.05, 3.63) is 0 Å². The average molecular weight is 131 g/mol. The Balaban J connectivity index is 3.68. The molecule has 9 heavy (non-hydrogen) atoms. The predicted octanol–water partition coefficient (Wildman–Crippen LogP) is -0.324. The third kappa shape index (κ3) is 3.21. The second kappa shape index (κ2) is 4.47. The van der Waals surface area contributed by atoms with Gasteiger partial charge in [0.2, 0.25) is 0 Å². The summed E-state index contributed by atoms with van der Waals surface area (Å²) >= 11 is 0. The zero-order chi connectivity index (χ0) is 7.28. The summed E-state index contributed by atoms with van der Waals surface area (Å²) in [6, 6.07) is 0. The van der Waals surface area contributed by atoms with Gasteiger partial charge in [-0.15, -0.1) is 0 Å². The van der Waals surface area contributed by atoms with Gasteiger partial charge in [-0.05, 0) is 6.92 Å². The predicted molar refractivity (Wildman–Crippen MR) is 36.7 cm³/mol. The maximum absolute atomic E-state index is 8.89. The van der Waals surface area contributed by atoms with Crippen LogP contribution in [0.5, 0.6) is 0 Å². The fraction of sp³-hybridized carbons (Fsp3) is 0.833. The molecule has 0 aliphatic rings. The molecule has 1 unspecified atom stereocenters. The second-order valence-corrected chi connectivity index (χ2v) is 1.99. The van der Waals surface area contributed by atoms with E-state index in [1.165, 1.54) is 0 Å². The van der Waals surface area contributed by atoms with Crippen LogP contribution in [-0.2, 0) is 0 Å². The van der Waals surface area contributed by atoms with Gasteiger partial charge in [0.05, 0.1) is 12.7 Å². The van der Waals surface area contributed by atoms with Crippen molar-refractivity contribution in [3.63, 3.8) is 0 Å². The normalized spacial score (nSPS) is 18.2. The van der Waals surface area contributed by atoms with Gasteiger partial charge in [0.1, 0.15) is 0 Å². The molecule has 0 fully saturated rings. The first-order valence-corrected chi connectivity index (χ1v) is 2.93. The van der Waals surface area contributed by atoms with Crippen LogP contribution in [0, 0.1) is 5.92 Å². The minimum absolute atomic E-state index is 0.0466. The molecule has 0 aliphatic heterocycles. The Morgan fingerprint density at radius 2 is 2.22 bits per heavy atom. The van der Waals surface area contributed by atoms with Crippen molar-refractivity contribution in [2.75, 3.05) is 13.7 Å². The Morgan fingerprint density at radius 1 is 1.67 bits per heavy atom. The number of aliphatic hydroxyl groups excluding tert-OH is 2. The molecule has 0 spiro atoms. The molecule has 0 amide bonds. The topological polar surface area (TPSA) is 52.8 Å². The number of rotatable bonds is 3. The lowest BCUT2D eigenvalue weighted by Gasteiger charge is -2.10. The highest BCUT2D eigenvalue weighted by atomic mass is 16.3. The second-order valence-electron chi connectivity index (χ2n) is 1.99. The highest BCUT2D eigenvalue weighted by Crippen LogP contribution is 1.97. The van der Waals surface area contributed by atoms with Gasteiger partial charge in [0.25, 0.3) is 0 Å². The molecule has 0 saturated carbocycles. The first-order valence-electron chi connectivity index (χ1n) is 2.93. The van der Waals surface area contributed by atoms with Gasteiger partial charge in [-0.1, -0.05) is 0 Å². The quantitative estimate of drug-likeness (QED) is 0.515. The first-order chi connectivity index (χ1) is 4.22. The Bertz CT molecular complexity index is 91.1. The first kappa shape index (κ1) is 8.59. The van der Waals surface area contributed by atoms with Crippen LogP contribution in [0.25, 0.3) is 0 Å². The molecular weight excluding hydrogens is 118 g/mol. The summed E-state index contributed by atoms with van der Waals surface area (Å²) < 4.78 is 0. The molecule has 2 atom stereocenters. The third-order valence-corrected chi connectivity index (χ3v) is 1.17. The molecule has 0 saturated heterocycles. The molecule has 0 rings (SSSR count).